The molecule has 0 saturated carbocycles. The molecule has 1 aliphatic heterocycles. The van der Waals surface area contributed by atoms with Crippen LogP contribution >= 0.6 is 0 Å². The average molecular weight is 332 g/mol. The number of rotatable bonds is 3. The molecule has 0 aliphatic carbocycles. The molecule has 0 atom stereocenters. The van der Waals surface area contributed by atoms with Gasteiger partial charge in [0.2, 0.25) is 0 Å². The summed E-state index contributed by atoms with van der Waals surface area (Å²) in [7, 11) is 1.85. The van der Waals surface area contributed by atoms with Gasteiger partial charge in [0, 0.05) is 18.8 Å². The maximum absolute atomic E-state index is 13.0. The Morgan fingerprint density at radius 1 is 1.12 bits per heavy atom. The first-order valence-corrected chi connectivity index (χ1v) is 7.88. The van der Waals surface area contributed by atoms with Crippen LogP contribution in [-0.4, -0.2) is 21.4 Å². The van der Waals surface area contributed by atoms with Crippen LogP contribution in [0.1, 0.15) is 17.0 Å². The summed E-state index contributed by atoms with van der Waals surface area (Å²) in [5.41, 5.74) is 3.43. The van der Waals surface area contributed by atoms with Crippen molar-refractivity contribution in [2.45, 2.75) is 6.92 Å². The van der Waals surface area contributed by atoms with Crippen LogP contribution < -0.4 is 5.01 Å². The fourth-order valence-corrected chi connectivity index (χ4v) is 2.80. The van der Waals surface area contributed by atoms with Crippen LogP contribution in [0.5, 0.6) is 0 Å². The maximum Gasteiger partial charge on any atom is 0.281 e. The molecular formula is C19H16N4O2. The van der Waals surface area contributed by atoms with Crippen LogP contribution in [0.3, 0.4) is 0 Å². The van der Waals surface area contributed by atoms with E-state index in [2.05, 4.69) is 10.2 Å². The molecule has 3 aromatic rings. The highest BCUT2D eigenvalue weighted by Crippen LogP contribution is 2.28. The SMILES string of the molecule is Cc1nn(C)cc1C=C1C(=O)N(c2ccccc2)N=C1c1ccco1. The molecule has 1 amide bonds. The predicted molar refractivity (Wildman–Crippen MR) is 95.1 cm³/mol. The van der Waals surface area contributed by atoms with Gasteiger partial charge in [-0.15, -0.1) is 0 Å². The summed E-state index contributed by atoms with van der Waals surface area (Å²) in [6.45, 7) is 1.91. The fraction of sp³-hybridized carbons (Fsp3) is 0.105. The highest BCUT2D eigenvalue weighted by atomic mass is 16.3. The predicted octanol–water partition coefficient (Wildman–Crippen LogP) is 3.16. The second-order valence-corrected chi connectivity index (χ2v) is 5.78. The van der Waals surface area contributed by atoms with Crippen molar-refractivity contribution in [1.82, 2.24) is 9.78 Å². The van der Waals surface area contributed by atoms with Crippen LogP contribution in [0.4, 0.5) is 5.69 Å². The fourth-order valence-electron chi connectivity index (χ4n) is 2.80. The summed E-state index contributed by atoms with van der Waals surface area (Å²) in [4.78, 5) is 13.0. The molecule has 6 heteroatoms. The summed E-state index contributed by atoms with van der Waals surface area (Å²) < 4.78 is 7.20. The first-order chi connectivity index (χ1) is 12.1. The number of hydrogen-bond acceptors (Lipinski definition) is 4. The van der Waals surface area contributed by atoms with E-state index in [1.165, 1.54) is 5.01 Å². The Balaban J connectivity index is 1.83. The Bertz CT molecular complexity index is 982. The quantitative estimate of drug-likeness (QED) is 0.692. The molecule has 6 nitrogen and oxygen atoms in total. The number of nitrogens with zero attached hydrogens (tertiary/aromatic N) is 4. The van der Waals surface area contributed by atoms with E-state index in [1.807, 2.05) is 56.6 Å². The number of carbonyl (C=O) groups excluding carboxylic acids is 1. The van der Waals surface area contributed by atoms with Crippen molar-refractivity contribution in [3.8, 4) is 0 Å². The summed E-state index contributed by atoms with van der Waals surface area (Å²) in [5.74, 6) is 0.362. The normalized spacial score (nSPS) is 15.9. The third-order valence-corrected chi connectivity index (χ3v) is 3.98. The highest BCUT2D eigenvalue weighted by molar-refractivity contribution is 6.36. The Morgan fingerprint density at radius 2 is 1.92 bits per heavy atom. The maximum atomic E-state index is 13.0. The molecule has 0 saturated heterocycles. The summed E-state index contributed by atoms with van der Waals surface area (Å²) >= 11 is 0. The van der Waals surface area contributed by atoms with Gasteiger partial charge in [-0.3, -0.25) is 9.48 Å². The lowest BCUT2D eigenvalue weighted by Crippen LogP contribution is -2.21. The molecule has 3 heterocycles. The molecule has 25 heavy (non-hydrogen) atoms. The van der Waals surface area contributed by atoms with Gasteiger partial charge < -0.3 is 4.42 Å². The zero-order chi connectivity index (χ0) is 17.4. The standard InChI is InChI=1S/C19H16N4O2/c1-13-14(12-22(2)20-13)11-16-18(17-9-6-10-25-17)21-23(19(16)24)15-7-4-3-5-8-15/h3-12H,1-2H3. The minimum Gasteiger partial charge on any atom is -0.463 e. The van der Waals surface area contributed by atoms with Crippen LogP contribution in [0.15, 0.2) is 70.0 Å². The zero-order valence-electron chi connectivity index (χ0n) is 13.9. The third-order valence-electron chi connectivity index (χ3n) is 3.98. The Kier molecular flexibility index (Phi) is 3.57. The molecule has 0 unspecified atom stereocenters. The van der Waals surface area contributed by atoms with E-state index in [0.717, 1.165) is 11.3 Å². The lowest BCUT2D eigenvalue weighted by Gasteiger charge is -2.10. The second kappa shape index (κ2) is 5.90. The van der Waals surface area contributed by atoms with Gasteiger partial charge in [-0.05, 0) is 37.3 Å². The zero-order valence-corrected chi connectivity index (χ0v) is 13.9. The van der Waals surface area contributed by atoms with Crippen LogP contribution in [0.2, 0.25) is 0 Å². The van der Waals surface area contributed by atoms with Gasteiger partial charge in [0.25, 0.3) is 5.91 Å². The van der Waals surface area contributed by atoms with E-state index in [-0.39, 0.29) is 5.91 Å². The lowest BCUT2D eigenvalue weighted by molar-refractivity contribution is -0.114. The van der Waals surface area contributed by atoms with E-state index < -0.39 is 0 Å². The topological polar surface area (TPSA) is 63.6 Å². The van der Waals surface area contributed by atoms with E-state index >= 15 is 0 Å². The van der Waals surface area contributed by atoms with Crippen molar-refractivity contribution < 1.29 is 9.21 Å². The number of carbonyl (C=O) groups is 1. The van der Waals surface area contributed by atoms with Crippen LogP contribution in [0, 0.1) is 6.92 Å². The van der Waals surface area contributed by atoms with Crippen molar-refractivity contribution >= 4 is 23.4 Å². The van der Waals surface area contributed by atoms with Crippen molar-refractivity contribution in [1.29, 1.82) is 0 Å². The van der Waals surface area contributed by atoms with E-state index in [4.69, 9.17) is 4.42 Å². The minimum absolute atomic E-state index is 0.194. The molecule has 0 radical (unpaired) electrons. The van der Waals surface area contributed by atoms with Gasteiger partial charge in [-0.2, -0.15) is 15.2 Å². The molecule has 0 spiro atoms. The monoisotopic (exact) mass is 332 g/mol. The first-order valence-electron chi connectivity index (χ1n) is 7.88. The summed E-state index contributed by atoms with van der Waals surface area (Å²) in [5, 5.41) is 10.2. The number of hydrazone groups is 1. The Morgan fingerprint density at radius 3 is 2.56 bits per heavy atom. The number of furan rings is 1. The molecule has 0 bridgehead atoms. The third kappa shape index (κ3) is 2.67. The van der Waals surface area contributed by atoms with Crippen molar-refractivity contribution in [3.63, 3.8) is 0 Å². The summed E-state index contributed by atoms with van der Waals surface area (Å²) in [6, 6.07) is 12.9. The number of hydrogen-bond donors (Lipinski definition) is 0. The Labute approximate surface area is 144 Å². The second-order valence-electron chi connectivity index (χ2n) is 5.78. The van der Waals surface area contributed by atoms with E-state index in [0.29, 0.717) is 22.7 Å². The van der Waals surface area contributed by atoms with Crippen LogP contribution in [-0.2, 0) is 11.8 Å². The van der Waals surface area contributed by atoms with E-state index in [1.54, 1.807) is 23.1 Å². The molecule has 2 aromatic heterocycles. The molecule has 1 aromatic carbocycles. The highest BCUT2D eigenvalue weighted by Gasteiger charge is 2.33. The largest absolute Gasteiger partial charge is 0.463 e. The smallest absolute Gasteiger partial charge is 0.281 e. The Hall–Kier alpha value is -3.41. The van der Waals surface area contributed by atoms with Crippen molar-refractivity contribution in [2.24, 2.45) is 12.1 Å². The van der Waals surface area contributed by atoms with Gasteiger partial charge in [0.1, 0.15) is 5.71 Å². The van der Waals surface area contributed by atoms with Gasteiger partial charge in [0.15, 0.2) is 5.76 Å². The molecule has 4 rings (SSSR count). The number of aryl methyl sites for hydroxylation is 2. The molecular weight excluding hydrogens is 316 g/mol. The molecule has 1 aliphatic rings. The van der Waals surface area contributed by atoms with E-state index in [9.17, 15) is 4.79 Å². The number of benzene rings is 1. The van der Waals surface area contributed by atoms with Gasteiger partial charge in [0.05, 0.1) is 23.2 Å². The van der Waals surface area contributed by atoms with Gasteiger partial charge in [-0.1, -0.05) is 18.2 Å². The molecule has 124 valence electrons. The average Bonchev–Trinajstić information content (AvgIpc) is 3.31. The van der Waals surface area contributed by atoms with Crippen molar-refractivity contribution in [2.75, 3.05) is 5.01 Å². The minimum atomic E-state index is -0.194. The van der Waals surface area contributed by atoms with Gasteiger partial charge >= 0.3 is 0 Å². The molecule has 0 fully saturated rings. The number of anilines is 1. The van der Waals surface area contributed by atoms with Gasteiger partial charge in [-0.25, -0.2) is 0 Å². The number of para-hydroxylation sites is 1. The van der Waals surface area contributed by atoms with Crippen LogP contribution in [0.25, 0.3) is 6.08 Å². The number of amides is 1. The summed E-state index contributed by atoms with van der Waals surface area (Å²) in [6.07, 6.45) is 5.26. The number of aromatic nitrogens is 2. The lowest BCUT2D eigenvalue weighted by atomic mass is 10.1. The molecule has 0 N–H and O–H groups in total. The first kappa shape index (κ1) is 15.1. The van der Waals surface area contributed by atoms with Crippen molar-refractivity contribution in [3.05, 3.63) is 77.5 Å².